The maximum atomic E-state index is 12.6. The van der Waals surface area contributed by atoms with Gasteiger partial charge in [0, 0.05) is 11.5 Å². The Morgan fingerprint density at radius 1 is 0.939 bits per heavy atom. The first kappa shape index (κ1) is 21.8. The third-order valence-corrected chi connectivity index (χ3v) is 7.85. The Morgan fingerprint density at radius 3 is 2.30 bits per heavy atom. The van der Waals surface area contributed by atoms with Crippen LogP contribution >= 0.6 is 35.3 Å². The summed E-state index contributed by atoms with van der Waals surface area (Å²) in [7, 11) is 0. The van der Waals surface area contributed by atoms with E-state index in [-0.39, 0.29) is 11.4 Å². The first-order chi connectivity index (χ1) is 16.2. The number of carbonyl (C=O) groups is 1. The van der Waals surface area contributed by atoms with Crippen molar-refractivity contribution in [1.29, 1.82) is 5.41 Å². The Labute approximate surface area is 203 Å². The number of benzene rings is 2. The minimum atomic E-state index is -0.460. The molecule has 0 atom stereocenters. The van der Waals surface area contributed by atoms with Crippen molar-refractivity contribution in [3.63, 3.8) is 0 Å². The molecule has 2 aliphatic rings. The molecule has 1 aromatic heterocycles. The average molecular weight is 491 g/mol. The first-order valence-corrected chi connectivity index (χ1v) is 12.9. The summed E-state index contributed by atoms with van der Waals surface area (Å²) in [4.78, 5) is 16.8. The Hall–Kier alpha value is -3.01. The highest BCUT2D eigenvalue weighted by molar-refractivity contribution is 8.45. The van der Waals surface area contributed by atoms with Gasteiger partial charge < -0.3 is 4.42 Å². The van der Waals surface area contributed by atoms with E-state index < -0.39 is 5.91 Å². The van der Waals surface area contributed by atoms with Crippen molar-refractivity contribution in [3.8, 4) is 0 Å². The molecule has 0 bridgehead atoms. The van der Waals surface area contributed by atoms with Gasteiger partial charge in [-0.15, -0.1) is 5.10 Å². The van der Waals surface area contributed by atoms with Crippen molar-refractivity contribution in [2.45, 2.75) is 16.6 Å². The normalized spacial score (nSPS) is 16.7. The van der Waals surface area contributed by atoms with Crippen molar-refractivity contribution in [2.75, 3.05) is 0 Å². The molecule has 0 fully saturated rings. The number of rotatable bonds is 6. The zero-order valence-electron chi connectivity index (χ0n) is 17.3. The number of nitrogens with zero attached hydrogens (tertiary/aromatic N) is 3. The summed E-state index contributed by atoms with van der Waals surface area (Å²) in [6, 6.07) is 23.9. The van der Waals surface area contributed by atoms with Crippen LogP contribution in [-0.4, -0.2) is 26.3 Å². The van der Waals surface area contributed by atoms with Gasteiger partial charge in [0.15, 0.2) is 15.3 Å². The van der Waals surface area contributed by atoms with Crippen LogP contribution in [0.3, 0.4) is 0 Å². The van der Waals surface area contributed by atoms with Crippen molar-refractivity contribution < 1.29 is 9.21 Å². The number of carbonyl (C=O) groups excluding carboxylic acids is 1. The highest BCUT2D eigenvalue weighted by Gasteiger charge is 2.36. The minimum Gasteiger partial charge on any atom is -0.450 e. The van der Waals surface area contributed by atoms with Crippen LogP contribution in [0.25, 0.3) is 6.08 Å². The molecule has 6 nitrogen and oxygen atoms in total. The summed E-state index contributed by atoms with van der Waals surface area (Å²) in [5.74, 6) is 1.59. The minimum absolute atomic E-state index is 0.00250. The number of thioether (sulfide) groups is 3. The van der Waals surface area contributed by atoms with Gasteiger partial charge >= 0.3 is 0 Å². The van der Waals surface area contributed by atoms with Gasteiger partial charge in [0.2, 0.25) is 5.17 Å². The van der Waals surface area contributed by atoms with Crippen molar-refractivity contribution in [1.82, 2.24) is 5.01 Å². The number of nitrogens with one attached hydrogen (secondary N) is 1. The molecule has 9 heteroatoms. The van der Waals surface area contributed by atoms with Gasteiger partial charge in [-0.1, -0.05) is 84.2 Å². The quantitative estimate of drug-likeness (QED) is 0.333. The lowest BCUT2D eigenvalue weighted by molar-refractivity contribution is -0.114. The van der Waals surface area contributed by atoms with Crippen LogP contribution in [0.1, 0.15) is 16.9 Å². The Balaban J connectivity index is 1.26. The van der Waals surface area contributed by atoms with Crippen LogP contribution in [0.15, 0.2) is 98.0 Å². The Kier molecular flexibility index (Phi) is 6.52. The molecule has 5 rings (SSSR count). The number of hydrogen-bond donors (Lipinski definition) is 1. The van der Waals surface area contributed by atoms with Crippen molar-refractivity contribution in [2.24, 2.45) is 10.1 Å². The van der Waals surface area contributed by atoms with E-state index in [0.717, 1.165) is 21.0 Å². The predicted octanol–water partition coefficient (Wildman–Crippen LogP) is 6.08. The largest absolute Gasteiger partial charge is 0.450 e. The van der Waals surface area contributed by atoms with Gasteiger partial charge in [-0.05, 0) is 41.1 Å². The second kappa shape index (κ2) is 9.86. The number of amides is 1. The molecule has 0 saturated heterocycles. The van der Waals surface area contributed by atoms with E-state index in [1.54, 1.807) is 35.7 Å². The molecule has 0 unspecified atom stereocenters. The van der Waals surface area contributed by atoms with Crippen LogP contribution < -0.4 is 0 Å². The number of amidine groups is 2. The molecule has 2 aromatic carbocycles. The van der Waals surface area contributed by atoms with Crippen LogP contribution in [-0.2, 0) is 16.3 Å². The van der Waals surface area contributed by atoms with E-state index in [4.69, 9.17) is 9.83 Å². The standard InChI is InChI=1S/C24H18N4O2S3/c25-21-19(13-18-11-12-20(30-18)31-14-16-7-3-1-4-8-16)22(29)26-23-28(21)27-24(33-23)32-15-17-9-5-2-6-10-17/h1-13,25H,14-15H2/b19-13-,25-21?. The van der Waals surface area contributed by atoms with E-state index in [1.165, 1.54) is 27.9 Å². The lowest BCUT2D eigenvalue weighted by Crippen LogP contribution is -2.35. The Morgan fingerprint density at radius 2 is 1.61 bits per heavy atom. The average Bonchev–Trinajstić information content (AvgIpc) is 3.47. The monoisotopic (exact) mass is 490 g/mol. The molecule has 33 heavy (non-hydrogen) atoms. The smallest absolute Gasteiger partial charge is 0.283 e. The van der Waals surface area contributed by atoms with E-state index in [0.29, 0.717) is 10.9 Å². The van der Waals surface area contributed by atoms with Crippen molar-refractivity contribution >= 4 is 62.6 Å². The molecule has 1 amide bonds. The third-order valence-electron chi connectivity index (χ3n) is 4.75. The van der Waals surface area contributed by atoms with Gasteiger partial charge in [-0.2, -0.15) is 10.0 Å². The number of fused-ring (bicyclic) bond motifs is 1. The lowest BCUT2D eigenvalue weighted by atomic mass is 10.1. The maximum Gasteiger partial charge on any atom is 0.283 e. The van der Waals surface area contributed by atoms with Gasteiger partial charge in [-0.25, -0.2) is 0 Å². The van der Waals surface area contributed by atoms with Crippen LogP contribution in [0, 0.1) is 5.41 Å². The fourth-order valence-corrected chi connectivity index (χ4v) is 5.82. The second-order valence-corrected chi connectivity index (χ2v) is 10.2. The summed E-state index contributed by atoms with van der Waals surface area (Å²) in [5.41, 5.74) is 2.55. The summed E-state index contributed by atoms with van der Waals surface area (Å²) >= 11 is 4.45. The molecule has 0 saturated carbocycles. The lowest BCUT2D eigenvalue weighted by Gasteiger charge is -2.19. The van der Waals surface area contributed by atoms with Gasteiger partial charge in [0.05, 0.1) is 5.57 Å². The zero-order valence-corrected chi connectivity index (χ0v) is 19.8. The maximum absolute atomic E-state index is 12.6. The molecule has 1 N–H and O–H groups in total. The molecular formula is C24H18N4O2S3. The van der Waals surface area contributed by atoms with Gasteiger partial charge in [-0.3, -0.25) is 10.2 Å². The predicted molar refractivity (Wildman–Crippen MR) is 137 cm³/mol. The molecule has 3 aromatic rings. The second-order valence-electron chi connectivity index (χ2n) is 7.09. The summed E-state index contributed by atoms with van der Waals surface area (Å²) in [6.07, 6.45) is 1.56. The van der Waals surface area contributed by atoms with E-state index in [2.05, 4.69) is 34.4 Å². The van der Waals surface area contributed by atoms with E-state index >= 15 is 0 Å². The van der Waals surface area contributed by atoms with Crippen LogP contribution in [0.5, 0.6) is 0 Å². The van der Waals surface area contributed by atoms with E-state index in [1.807, 2.05) is 42.5 Å². The molecule has 0 radical (unpaired) electrons. The zero-order chi connectivity index (χ0) is 22.6. The number of hydrazone groups is 1. The summed E-state index contributed by atoms with van der Waals surface area (Å²) < 4.78 is 6.61. The highest BCUT2D eigenvalue weighted by atomic mass is 32.2. The Bertz CT molecular complexity index is 1280. The molecule has 0 aliphatic carbocycles. The molecule has 2 aliphatic heterocycles. The van der Waals surface area contributed by atoms with Gasteiger partial charge in [0.25, 0.3) is 5.91 Å². The topological polar surface area (TPSA) is 82.0 Å². The van der Waals surface area contributed by atoms with Gasteiger partial charge in [0.1, 0.15) is 5.76 Å². The van der Waals surface area contributed by atoms with E-state index in [9.17, 15) is 4.79 Å². The fraction of sp³-hybridized carbons (Fsp3) is 0.0833. The molecule has 3 heterocycles. The molecule has 164 valence electrons. The van der Waals surface area contributed by atoms with Crippen LogP contribution in [0.4, 0.5) is 0 Å². The molecule has 0 spiro atoms. The number of furan rings is 1. The SMILES string of the molecule is N=C1/C(=C/c2ccc(SCc3ccccc3)o2)C(=O)N=C2SC(SCc3ccccc3)=NN12. The van der Waals surface area contributed by atoms with Crippen LogP contribution in [0.2, 0.25) is 0 Å². The number of aliphatic imine (C=N–C) groups is 1. The fourth-order valence-electron chi connectivity index (χ4n) is 3.11. The number of hydrogen-bond acceptors (Lipinski definition) is 7. The first-order valence-electron chi connectivity index (χ1n) is 10.1. The summed E-state index contributed by atoms with van der Waals surface area (Å²) in [5, 5.41) is 15.6. The summed E-state index contributed by atoms with van der Waals surface area (Å²) in [6.45, 7) is 0. The molecular weight excluding hydrogens is 472 g/mol. The van der Waals surface area contributed by atoms with Crippen molar-refractivity contribution in [3.05, 3.63) is 95.3 Å². The third kappa shape index (κ3) is 5.16. The highest BCUT2D eigenvalue weighted by Crippen LogP contribution is 2.34.